The zero-order chi connectivity index (χ0) is 21.0. The number of unbranched alkanes of at least 4 members (excludes halogenated alkanes) is 6. The van der Waals surface area contributed by atoms with Gasteiger partial charge >= 0.3 is 0 Å². The lowest BCUT2D eigenvalue weighted by atomic mass is 10.0. The molecule has 3 nitrogen and oxygen atoms in total. The molecular weight excluding hydrogens is 368 g/mol. The first-order chi connectivity index (χ1) is 14.8. The third-order valence-electron chi connectivity index (χ3n) is 6.73. The maximum Gasteiger partial charge on any atom is 0.119 e. The number of likely N-dealkylation sites (tertiary alicyclic amines) is 2. The second-order valence-electron chi connectivity index (χ2n) is 9.06. The van der Waals surface area contributed by atoms with Crippen molar-refractivity contribution in [1.82, 2.24) is 9.80 Å². The predicted octanol–water partition coefficient (Wildman–Crippen LogP) is 6.05. The molecule has 3 heteroatoms. The predicted molar refractivity (Wildman–Crippen MR) is 127 cm³/mol. The number of hydrogen-bond donors (Lipinski definition) is 0. The van der Waals surface area contributed by atoms with E-state index in [1.165, 1.54) is 89.4 Å². The number of ether oxygens (including phenoxy) is 1. The molecule has 2 unspecified atom stereocenters. The van der Waals surface area contributed by atoms with Crippen LogP contribution in [0.3, 0.4) is 0 Å². The molecule has 0 radical (unpaired) electrons. The highest BCUT2D eigenvalue weighted by atomic mass is 16.5. The van der Waals surface area contributed by atoms with E-state index in [1.54, 1.807) is 7.11 Å². The third kappa shape index (κ3) is 7.03. The van der Waals surface area contributed by atoms with Gasteiger partial charge in [-0.2, -0.15) is 0 Å². The normalized spacial score (nSPS) is 20.8. The van der Waals surface area contributed by atoms with Crippen molar-refractivity contribution >= 4 is 0 Å². The Morgan fingerprint density at radius 2 is 1.83 bits per heavy atom. The lowest BCUT2D eigenvalue weighted by molar-refractivity contribution is 0.168. The Kier molecular flexibility index (Phi) is 10.1. The first kappa shape index (κ1) is 23.2. The van der Waals surface area contributed by atoms with Crippen LogP contribution in [-0.4, -0.2) is 49.1 Å². The van der Waals surface area contributed by atoms with Gasteiger partial charge in [-0.05, 0) is 62.9 Å². The number of methoxy groups -OCH3 is 1. The molecule has 1 aromatic carbocycles. The smallest absolute Gasteiger partial charge is 0.119 e. The van der Waals surface area contributed by atoms with Gasteiger partial charge in [-0.1, -0.05) is 57.1 Å². The van der Waals surface area contributed by atoms with Crippen LogP contribution in [0.25, 0.3) is 0 Å². The summed E-state index contributed by atoms with van der Waals surface area (Å²) >= 11 is 0. The van der Waals surface area contributed by atoms with Gasteiger partial charge in [0, 0.05) is 25.6 Å². The number of nitrogens with zero attached hydrogens (tertiary/aromatic N) is 2. The zero-order valence-corrected chi connectivity index (χ0v) is 19.4. The van der Waals surface area contributed by atoms with Crippen LogP contribution in [0.5, 0.6) is 5.75 Å². The molecule has 0 spiro atoms. The van der Waals surface area contributed by atoms with E-state index in [2.05, 4.69) is 46.8 Å². The zero-order valence-electron chi connectivity index (χ0n) is 19.4. The average molecular weight is 411 g/mol. The van der Waals surface area contributed by atoms with Crippen molar-refractivity contribution in [2.24, 2.45) is 0 Å². The van der Waals surface area contributed by atoms with Gasteiger partial charge < -0.3 is 9.64 Å². The van der Waals surface area contributed by atoms with Crippen LogP contribution in [0.2, 0.25) is 0 Å². The summed E-state index contributed by atoms with van der Waals surface area (Å²) in [7, 11) is 1.75. The number of benzene rings is 1. The van der Waals surface area contributed by atoms with Gasteiger partial charge in [-0.3, -0.25) is 4.90 Å². The minimum atomic E-state index is 0.190. The fraction of sp³-hybridized carbons (Fsp3) is 0.704. The summed E-state index contributed by atoms with van der Waals surface area (Å²) in [5, 5.41) is 0. The first-order valence-electron chi connectivity index (χ1n) is 12.4. The van der Waals surface area contributed by atoms with Crippen molar-refractivity contribution in [2.75, 3.05) is 33.3 Å². The van der Waals surface area contributed by atoms with Crippen LogP contribution in [0, 0.1) is 11.8 Å². The monoisotopic (exact) mass is 410 g/mol. The quantitative estimate of drug-likeness (QED) is 0.326. The maximum absolute atomic E-state index is 5.52. The highest BCUT2D eigenvalue weighted by Gasteiger charge is 2.32. The maximum atomic E-state index is 5.52. The van der Waals surface area contributed by atoms with Crippen molar-refractivity contribution in [3.63, 3.8) is 0 Å². The second kappa shape index (κ2) is 13.0. The molecule has 3 rings (SSSR count). The summed E-state index contributed by atoms with van der Waals surface area (Å²) in [6.45, 7) is 7.20. The summed E-state index contributed by atoms with van der Waals surface area (Å²) in [5.41, 5.74) is 1.29. The van der Waals surface area contributed by atoms with Crippen molar-refractivity contribution < 1.29 is 4.74 Å². The van der Waals surface area contributed by atoms with Crippen LogP contribution < -0.4 is 4.74 Å². The standard InChI is InChI=1S/C27H42N2O/c1-3-4-5-6-7-8-9-10-18-27(24-15-13-17-26(22-24)30-2)29-21-14-16-25(29)23-28-19-11-12-20-28/h13,15,17,22,25,27H,3-9,11-12,14,16,19-21,23H2,1-2H3. The topological polar surface area (TPSA) is 15.7 Å². The average Bonchev–Trinajstić information content (AvgIpc) is 3.45. The van der Waals surface area contributed by atoms with Crippen molar-refractivity contribution in [2.45, 2.75) is 89.6 Å². The fourth-order valence-electron chi connectivity index (χ4n) is 4.99. The van der Waals surface area contributed by atoms with E-state index in [0.717, 1.165) is 18.7 Å². The molecule has 30 heavy (non-hydrogen) atoms. The molecule has 2 saturated heterocycles. The Morgan fingerprint density at radius 1 is 1.03 bits per heavy atom. The highest BCUT2D eigenvalue weighted by molar-refractivity contribution is 5.35. The Morgan fingerprint density at radius 3 is 2.63 bits per heavy atom. The molecule has 2 heterocycles. The minimum Gasteiger partial charge on any atom is -0.497 e. The second-order valence-corrected chi connectivity index (χ2v) is 9.06. The fourth-order valence-corrected chi connectivity index (χ4v) is 4.99. The molecule has 0 N–H and O–H groups in total. The van der Waals surface area contributed by atoms with Gasteiger partial charge in [0.25, 0.3) is 0 Å². The van der Waals surface area contributed by atoms with E-state index in [1.807, 2.05) is 6.07 Å². The summed E-state index contributed by atoms with van der Waals surface area (Å²) in [5.74, 6) is 8.18. The molecule has 0 saturated carbocycles. The molecule has 2 fully saturated rings. The van der Waals surface area contributed by atoms with E-state index in [-0.39, 0.29) is 6.04 Å². The third-order valence-corrected chi connectivity index (χ3v) is 6.73. The molecular formula is C27H42N2O. The van der Waals surface area contributed by atoms with Crippen LogP contribution in [0.4, 0.5) is 0 Å². The van der Waals surface area contributed by atoms with E-state index < -0.39 is 0 Å². The van der Waals surface area contributed by atoms with Crippen LogP contribution >= 0.6 is 0 Å². The van der Waals surface area contributed by atoms with Gasteiger partial charge in [0.05, 0.1) is 13.2 Å². The SMILES string of the molecule is CCCCCCCCC#CC(c1cccc(OC)c1)N1CCCC1CN1CCCC1. The lowest BCUT2D eigenvalue weighted by Gasteiger charge is -2.33. The van der Waals surface area contributed by atoms with Gasteiger partial charge in [0.15, 0.2) is 0 Å². The molecule has 0 aromatic heterocycles. The van der Waals surface area contributed by atoms with Gasteiger partial charge in [0.1, 0.15) is 5.75 Å². The lowest BCUT2D eigenvalue weighted by Crippen LogP contribution is -2.41. The molecule has 2 aliphatic heterocycles. The van der Waals surface area contributed by atoms with E-state index in [4.69, 9.17) is 4.74 Å². The molecule has 2 atom stereocenters. The molecule has 0 aliphatic carbocycles. The summed E-state index contributed by atoms with van der Waals surface area (Å²) < 4.78 is 5.52. The first-order valence-corrected chi connectivity index (χ1v) is 12.4. The van der Waals surface area contributed by atoms with E-state index >= 15 is 0 Å². The van der Waals surface area contributed by atoms with Crippen molar-refractivity contribution in [3.05, 3.63) is 29.8 Å². The minimum absolute atomic E-state index is 0.190. The summed E-state index contributed by atoms with van der Waals surface area (Å²) in [6, 6.07) is 9.39. The summed E-state index contributed by atoms with van der Waals surface area (Å²) in [4.78, 5) is 5.34. The Bertz CT molecular complexity index is 671. The number of hydrogen-bond acceptors (Lipinski definition) is 3. The summed E-state index contributed by atoms with van der Waals surface area (Å²) in [6.07, 6.45) is 14.3. The Balaban J connectivity index is 1.65. The van der Waals surface area contributed by atoms with Crippen LogP contribution in [-0.2, 0) is 0 Å². The Hall–Kier alpha value is -1.50. The van der Waals surface area contributed by atoms with Crippen molar-refractivity contribution in [1.29, 1.82) is 0 Å². The van der Waals surface area contributed by atoms with Crippen LogP contribution in [0.15, 0.2) is 24.3 Å². The van der Waals surface area contributed by atoms with Gasteiger partial charge in [0.2, 0.25) is 0 Å². The molecule has 2 aliphatic rings. The van der Waals surface area contributed by atoms with Gasteiger partial charge in [-0.15, -0.1) is 5.92 Å². The Labute approximate surface area is 185 Å². The largest absolute Gasteiger partial charge is 0.497 e. The van der Waals surface area contributed by atoms with Crippen LogP contribution in [0.1, 0.15) is 89.2 Å². The van der Waals surface area contributed by atoms with E-state index in [0.29, 0.717) is 6.04 Å². The van der Waals surface area contributed by atoms with Crippen molar-refractivity contribution in [3.8, 4) is 17.6 Å². The molecule has 1 aromatic rings. The number of rotatable bonds is 11. The highest BCUT2D eigenvalue weighted by Crippen LogP contribution is 2.31. The molecule has 0 bridgehead atoms. The van der Waals surface area contributed by atoms with E-state index in [9.17, 15) is 0 Å². The molecule has 166 valence electrons. The van der Waals surface area contributed by atoms with Gasteiger partial charge in [-0.25, -0.2) is 0 Å². The molecule has 0 amide bonds.